The number of fused-ring (bicyclic) bond motifs is 3. The van der Waals surface area contributed by atoms with E-state index in [9.17, 15) is 34.2 Å². The van der Waals surface area contributed by atoms with Gasteiger partial charge in [0, 0.05) is 24.9 Å². The largest absolute Gasteiger partial charge is 0.477 e. The molecule has 2 aromatic rings. The van der Waals surface area contributed by atoms with Gasteiger partial charge in [-0.05, 0) is 60.4 Å². The number of amides is 3. The Morgan fingerprint density at radius 1 is 0.857 bits per heavy atom. The Morgan fingerprint density at radius 2 is 1.43 bits per heavy atom. The fraction of sp³-hybridized carbons (Fsp3) is 0.387. The molecule has 2 saturated heterocycles. The molecule has 11 heteroatoms. The fourth-order valence-corrected chi connectivity index (χ4v) is 6.42. The lowest BCUT2D eigenvalue weighted by molar-refractivity contribution is -0.148. The lowest BCUT2D eigenvalue weighted by Gasteiger charge is -2.42. The molecule has 2 fully saturated rings. The minimum Gasteiger partial charge on any atom is -0.477 e. The van der Waals surface area contributed by atoms with E-state index in [1.54, 1.807) is 4.90 Å². The van der Waals surface area contributed by atoms with E-state index >= 15 is 0 Å². The third-order valence-electron chi connectivity index (χ3n) is 8.51. The normalized spacial score (nSPS) is 20.3. The van der Waals surface area contributed by atoms with Crippen LogP contribution in [0.15, 0.2) is 60.2 Å². The van der Waals surface area contributed by atoms with Gasteiger partial charge in [0.25, 0.3) is 0 Å². The molecule has 3 amide bonds. The van der Waals surface area contributed by atoms with Crippen LogP contribution in [0, 0.1) is 5.92 Å². The lowest BCUT2D eigenvalue weighted by Crippen LogP contribution is -2.57. The van der Waals surface area contributed by atoms with Crippen molar-refractivity contribution < 1.29 is 38.9 Å². The van der Waals surface area contributed by atoms with Gasteiger partial charge in [-0.3, -0.25) is 9.59 Å². The van der Waals surface area contributed by atoms with Gasteiger partial charge in [-0.2, -0.15) is 0 Å². The SMILES string of the molecule is NC(=O)C1CCCC(C=C(C(=O)O)C(=O)O)N1C(=O)C1CCN(C(=O)OCC2c3ccccc3-c3ccccc32)CC1. The Bertz CT molecular complexity index is 1380. The van der Waals surface area contributed by atoms with Crippen molar-refractivity contribution in [2.75, 3.05) is 19.7 Å². The Morgan fingerprint density at radius 3 is 1.98 bits per heavy atom. The van der Waals surface area contributed by atoms with Crippen LogP contribution in [0.5, 0.6) is 0 Å². The fourth-order valence-electron chi connectivity index (χ4n) is 6.42. The zero-order valence-electron chi connectivity index (χ0n) is 23.0. The summed E-state index contributed by atoms with van der Waals surface area (Å²) in [7, 11) is 0. The van der Waals surface area contributed by atoms with Crippen LogP contribution in [-0.2, 0) is 23.9 Å². The van der Waals surface area contributed by atoms with Gasteiger partial charge < -0.3 is 30.5 Å². The van der Waals surface area contributed by atoms with Gasteiger partial charge in [0.05, 0.1) is 6.04 Å². The molecule has 2 aliphatic heterocycles. The molecule has 0 aromatic heterocycles. The summed E-state index contributed by atoms with van der Waals surface area (Å²) in [5, 5.41) is 18.6. The summed E-state index contributed by atoms with van der Waals surface area (Å²) in [5.74, 6) is -5.01. The number of aliphatic carboxylic acids is 2. The summed E-state index contributed by atoms with van der Waals surface area (Å²) < 4.78 is 5.76. The van der Waals surface area contributed by atoms with Crippen molar-refractivity contribution in [1.82, 2.24) is 9.80 Å². The van der Waals surface area contributed by atoms with Gasteiger partial charge in [0.15, 0.2) is 0 Å². The molecular formula is C31H33N3O8. The van der Waals surface area contributed by atoms with Crippen molar-refractivity contribution in [3.05, 3.63) is 71.3 Å². The van der Waals surface area contributed by atoms with Crippen molar-refractivity contribution >= 4 is 29.8 Å². The molecule has 0 spiro atoms. The molecule has 4 N–H and O–H groups in total. The lowest BCUT2D eigenvalue weighted by atomic mass is 9.88. The maximum absolute atomic E-state index is 13.7. The number of carbonyl (C=O) groups is 5. The van der Waals surface area contributed by atoms with Gasteiger partial charge in [-0.25, -0.2) is 14.4 Å². The molecule has 220 valence electrons. The summed E-state index contributed by atoms with van der Waals surface area (Å²) in [5.41, 5.74) is 9.20. The van der Waals surface area contributed by atoms with Crippen LogP contribution in [0.3, 0.4) is 0 Å². The number of primary amides is 1. The van der Waals surface area contributed by atoms with Crippen LogP contribution < -0.4 is 5.73 Å². The van der Waals surface area contributed by atoms with Crippen LogP contribution in [0.1, 0.15) is 49.1 Å². The van der Waals surface area contributed by atoms with Gasteiger partial charge >= 0.3 is 18.0 Å². The quantitative estimate of drug-likeness (QED) is 0.257. The zero-order valence-corrected chi connectivity index (χ0v) is 23.0. The van der Waals surface area contributed by atoms with Gasteiger partial charge in [0.2, 0.25) is 11.8 Å². The number of carboxylic acids is 2. The molecular weight excluding hydrogens is 542 g/mol. The van der Waals surface area contributed by atoms with E-state index in [4.69, 9.17) is 10.5 Å². The van der Waals surface area contributed by atoms with Crippen LogP contribution in [0.4, 0.5) is 4.79 Å². The first-order valence-electron chi connectivity index (χ1n) is 14.1. The predicted octanol–water partition coefficient (Wildman–Crippen LogP) is 2.98. The Labute approximate surface area is 242 Å². The monoisotopic (exact) mass is 575 g/mol. The third kappa shape index (κ3) is 5.59. The minimum atomic E-state index is -1.63. The number of carbonyl (C=O) groups excluding carboxylic acids is 3. The molecule has 3 aliphatic rings. The first-order chi connectivity index (χ1) is 20.2. The average Bonchev–Trinajstić information content (AvgIpc) is 3.31. The Kier molecular flexibility index (Phi) is 8.28. The molecule has 5 rings (SSSR count). The number of rotatable bonds is 7. The van der Waals surface area contributed by atoms with E-state index in [2.05, 4.69) is 12.1 Å². The van der Waals surface area contributed by atoms with E-state index in [0.717, 1.165) is 28.3 Å². The van der Waals surface area contributed by atoms with Crippen molar-refractivity contribution in [3.8, 4) is 11.1 Å². The van der Waals surface area contributed by atoms with Crippen LogP contribution in [0.25, 0.3) is 11.1 Å². The second kappa shape index (κ2) is 12.1. The molecule has 0 bridgehead atoms. The molecule has 2 unspecified atom stereocenters. The predicted molar refractivity (Wildman–Crippen MR) is 150 cm³/mol. The summed E-state index contributed by atoms with van der Waals surface area (Å²) >= 11 is 0. The van der Waals surface area contributed by atoms with Crippen LogP contribution in [-0.4, -0.2) is 81.6 Å². The number of carboxylic acid groups (broad SMARTS) is 2. The van der Waals surface area contributed by atoms with E-state index in [1.165, 1.54) is 4.90 Å². The minimum absolute atomic E-state index is 0.0724. The van der Waals surface area contributed by atoms with Gasteiger partial charge in [-0.15, -0.1) is 0 Å². The molecule has 2 aromatic carbocycles. The Balaban J connectivity index is 1.23. The molecule has 1 aliphatic carbocycles. The molecule has 0 saturated carbocycles. The van der Waals surface area contributed by atoms with Crippen molar-refractivity contribution in [2.24, 2.45) is 11.7 Å². The van der Waals surface area contributed by atoms with E-state index in [1.807, 2.05) is 36.4 Å². The van der Waals surface area contributed by atoms with Gasteiger partial charge in [-0.1, -0.05) is 48.5 Å². The average molecular weight is 576 g/mol. The molecule has 0 radical (unpaired) electrons. The third-order valence-corrected chi connectivity index (χ3v) is 8.51. The number of likely N-dealkylation sites (tertiary alicyclic amines) is 2. The second-order valence-corrected chi connectivity index (χ2v) is 10.9. The number of ether oxygens (including phenoxy) is 1. The molecule has 42 heavy (non-hydrogen) atoms. The highest BCUT2D eigenvalue weighted by molar-refractivity contribution is 6.12. The summed E-state index contributed by atoms with van der Waals surface area (Å²) in [6.45, 7) is 0.708. The number of nitrogens with zero attached hydrogens (tertiary/aromatic N) is 2. The highest BCUT2D eigenvalue weighted by atomic mass is 16.6. The second-order valence-electron chi connectivity index (χ2n) is 10.9. The van der Waals surface area contributed by atoms with Crippen molar-refractivity contribution in [3.63, 3.8) is 0 Å². The van der Waals surface area contributed by atoms with E-state index < -0.39 is 53.4 Å². The number of hydrogen-bond donors (Lipinski definition) is 3. The number of nitrogens with two attached hydrogens (primary N) is 1. The van der Waals surface area contributed by atoms with Gasteiger partial charge in [0.1, 0.15) is 18.2 Å². The first-order valence-corrected chi connectivity index (χ1v) is 14.1. The summed E-state index contributed by atoms with van der Waals surface area (Å²) in [6, 6.07) is 14.3. The maximum atomic E-state index is 13.7. The number of hydrogen-bond acceptors (Lipinski definition) is 6. The standard InChI is InChI=1S/C31H33N3O8/c32-27(35)26-11-5-6-19(16-24(29(37)38)30(39)40)34(26)28(36)18-12-14-33(15-13-18)31(41)42-17-25-22-9-3-1-7-20(22)21-8-2-4-10-23(21)25/h1-4,7-10,16,18-19,25-26H,5-6,11-15,17H2,(H2,32,35)(H,37,38)(H,39,40). The highest BCUT2D eigenvalue weighted by Gasteiger charge is 2.41. The molecule has 2 atom stereocenters. The smallest absolute Gasteiger partial charge is 0.409 e. The van der Waals surface area contributed by atoms with E-state index in [0.29, 0.717) is 32.1 Å². The molecule has 11 nitrogen and oxygen atoms in total. The van der Waals surface area contributed by atoms with Crippen LogP contribution >= 0.6 is 0 Å². The number of benzene rings is 2. The maximum Gasteiger partial charge on any atom is 0.409 e. The van der Waals surface area contributed by atoms with Crippen molar-refractivity contribution in [1.29, 1.82) is 0 Å². The number of piperidine rings is 2. The van der Waals surface area contributed by atoms with Crippen molar-refractivity contribution in [2.45, 2.75) is 50.1 Å². The summed E-state index contributed by atoms with van der Waals surface area (Å²) in [6.07, 6.45) is 2.26. The topological polar surface area (TPSA) is 168 Å². The van der Waals surface area contributed by atoms with E-state index in [-0.39, 0.29) is 25.6 Å². The Hall–Kier alpha value is -4.67. The summed E-state index contributed by atoms with van der Waals surface area (Å²) in [4.78, 5) is 64.7. The highest BCUT2D eigenvalue weighted by Crippen LogP contribution is 2.44. The first kappa shape index (κ1) is 28.8. The van der Waals surface area contributed by atoms with Crippen LogP contribution in [0.2, 0.25) is 0 Å². The molecule has 2 heterocycles. The zero-order chi connectivity index (χ0) is 30.0.